The van der Waals surface area contributed by atoms with Gasteiger partial charge < -0.3 is 31.9 Å². The van der Waals surface area contributed by atoms with Gasteiger partial charge in [-0.1, -0.05) is 50.6 Å². The Balaban J connectivity index is 2.86. The highest BCUT2D eigenvalue weighted by Gasteiger charge is 2.31. The van der Waals surface area contributed by atoms with Gasteiger partial charge in [-0.3, -0.25) is 14.4 Å². The van der Waals surface area contributed by atoms with Gasteiger partial charge >= 0.3 is 5.97 Å². The maximum absolute atomic E-state index is 12.9. The maximum Gasteiger partial charge on any atom is 0.326 e. The molecule has 1 aromatic carbocycles. The molecule has 0 saturated heterocycles. The van der Waals surface area contributed by atoms with Gasteiger partial charge in [0.05, 0.1) is 6.61 Å². The largest absolute Gasteiger partial charge is 0.480 e. The molecule has 10 heteroatoms. The summed E-state index contributed by atoms with van der Waals surface area (Å²) < 4.78 is 0. The lowest BCUT2D eigenvalue weighted by Gasteiger charge is -2.27. The van der Waals surface area contributed by atoms with Crippen molar-refractivity contribution in [2.45, 2.75) is 57.8 Å². The number of nitrogens with two attached hydrogens (primary N) is 1. The number of aliphatic hydroxyl groups excluding tert-OH is 1. The Morgan fingerprint density at radius 1 is 0.968 bits per heavy atom. The molecule has 172 valence electrons. The predicted octanol–water partition coefficient (Wildman–Crippen LogP) is -0.846. The van der Waals surface area contributed by atoms with Gasteiger partial charge in [0.2, 0.25) is 17.7 Å². The van der Waals surface area contributed by atoms with E-state index in [1.54, 1.807) is 37.3 Å². The number of benzene rings is 1. The average Bonchev–Trinajstić information content (AvgIpc) is 2.75. The molecule has 0 fully saturated rings. The van der Waals surface area contributed by atoms with E-state index in [0.717, 1.165) is 5.56 Å². The Morgan fingerprint density at radius 2 is 1.58 bits per heavy atom. The van der Waals surface area contributed by atoms with Crippen molar-refractivity contribution >= 4 is 23.7 Å². The van der Waals surface area contributed by atoms with Crippen molar-refractivity contribution in [1.29, 1.82) is 0 Å². The first kappa shape index (κ1) is 26.1. The Morgan fingerprint density at radius 3 is 2.10 bits per heavy atom. The van der Waals surface area contributed by atoms with Crippen LogP contribution in [0.25, 0.3) is 0 Å². The zero-order valence-electron chi connectivity index (χ0n) is 18.0. The van der Waals surface area contributed by atoms with E-state index in [4.69, 9.17) is 10.8 Å². The summed E-state index contributed by atoms with van der Waals surface area (Å²) in [5.74, 6) is -3.45. The highest BCUT2D eigenvalue weighted by atomic mass is 16.4. The number of hydrogen-bond donors (Lipinski definition) is 6. The van der Waals surface area contributed by atoms with E-state index in [2.05, 4.69) is 16.0 Å². The monoisotopic (exact) mass is 436 g/mol. The second-order valence-electron chi connectivity index (χ2n) is 7.48. The number of hydrogen-bond acceptors (Lipinski definition) is 6. The Labute approximate surface area is 181 Å². The maximum atomic E-state index is 12.9. The number of carboxylic acid groups (broad SMARTS) is 1. The molecular weight excluding hydrogens is 404 g/mol. The molecule has 5 atom stereocenters. The van der Waals surface area contributed by atoms with Crippen LogP contribution in [0, 0.1) is 5.92 Å². The predicted molar refractivity (Wildman–Crippen MR) is 114 cm³/mol. The van der Waals surface area contributed by atoms with Gasteiger partial charge in [-0.05, 0) is 18.4 Å². The third-order valence-corrected chi connectivity index (χ3v) is 4.98. The summed E-state index contributed by atoms with van der Waals surface area (Å²) in [6.07, 6.45) is 0.638. The summed E-state index contributed by atoms with van der Waals surface area (Å²) >= 11 is 0. The van der Waals surface area contributed by atoms with Crippen LogP contribution in [0.5, 0.6) is 0 Å². The van der Waals surface area contributed by atoms with Crippen molar-refractivity contribution in [3.8, 4) is 0 Å². The number of carboxylic acids is 1. The van der Waals surface area contributed by atoms with Gasteiger partial charge in [-0.2, -0.15) is 0 Å². The molecule has 0 aliphatic rings. The molecule has 0 aliphatic heterocycles. The van der Waals surface area contributed by atoms with Gasteiger partial charge in [0.1, 0.15) is 24.2 Å². The zero-order valence-corrected chi connectivity index (χ0v) is 18.0. The van der Waals surface area contributed by atoms with E-state index >= 15 is 0 Å². The second-order valence-corrected chi connectivity index (χ2v) is 7.48. The Bertz CT molecular complexity index is 757. The number of amides is 3. The van der Waals surface area contributed by atoms with E-state index in [9.17, 15) is 24.3 Å². The van der Waals surface area contributed by atoms with Crippen molar-refractivity contribution in [2.24, 2.45) is 11.7 Å². The molecule has 5 unspecified atom stereocenters. The number of rotatable bonds is 12. The van der Waals surface area contributed by atoms with Crippen molar-refractivity contribution in [3.05, 3.63) is 35.9 Å². The van der Waals surface area contributed by atoms with Crippen molar-refractivity contribution < 1.29 is 29.4 Å². The summed E-state index contributed by atoms with van der Waals surface area (Å²) in [6, 6.07) is 4.53. The van der Waals surface area contributed by atoms with E-state index in [1.807, 2.05) is 6.92 Å². The molecule has 1 rings (SSSR count). The Kier molecular flexibility index (Phi) is 10.6. The third-order valence-electron chi connectivity index (χ3n) is 4.98. The number of carbonyl (C=O) groups is 4. The SMILES string of the molecule is CCC(C)C(NC(=O)C(C)NC(=O)C(N)CO)C(=O)NC(Cc1ccccc1)C(=O)O. The molecule has 0 saturated carbocycles. The van der Waals surface area contributed by atoms with Crippen LogP contribution in [-0.2, 0) is 25.6 Å². The van der Waals surface area contributed by atoms with E-state index in [-0.39, 0.29) is 12.3 Å². The van der Waals surface area contributed by atoms with Gasteiger partial charge in [-0.15, -0.1) is 0 Å². The molecule has 1 aromatic rings. The van der Waals surface area contributed by atoms with Crippen LogP contribution in [0.15, 0.2) is 30.3 Å². The van der Waals surface area contributed by atoms with Crippen LogP contribution in [0.4, 0.5) is 0 Å². The molecule has 0 radical (unpaired) electrons. The van der Waals surface area contributed by atoms with Crippen LogP contribution in [0.1, 0.15) is 32.8 Å². The first-order valence-electron chi connectivity index (χ1n) is 10.1. The van der Waals surface area contributed by atoms with E-state index in [1.165, 1.54) is 6.92 Å². The minimum atomic E-state index is -1.19. The summed E-state index contributed by atoms with van der Waals surface area (Å²) in [4.78, 5) is 48.8. The smallest absolute Gasteiger partial charge is 0.326 e. The highest BCUT2D eigenvalue weighted by molar-refractivity contribution is 5.94. The van der Waals surface area contributed by atoms with Gasteiger partial charge in [-0.25, -0.2) is 4.79 Å². The molecule has 0 aliphatic carbocycles. The number of nitrogens with one attached hydrogen (secondary N) is 3. The molecule has 0 bridgehead atoms. The average molecular weight is 437 g/mol. The van der Waals surface area contributed by atoms with Crippen molar-refractivity contribution in [1.82, 2.24) is 16.0 Å². The minimum Gasteiger partial charge on any atom is -0.480 e. The summed E-state index contributed by atoms with van der Waals surface area (Å²) in [7, 11) is 0. The molecule has 31 heavy (non-hydrogen) atoms. The quantitative estimate of drug-likeness (QED) is 0.248. The molecule has 0 spiro atoms. The van der Waals surface area contributed by atoms with Crippen LogP contribution in [0.2, 0.25) is 0 Å². The minimum absolute atomic E-state index is 0.0919. The molecule has 10 nitrogen and oxygen atoms in total. The lowest BCUT2D eigenvalue weighted by molar-refractivity contribution is -0.142. The summed E-state index contributed by atoms with van der Waals surface area (Å²) in [6.45, 7) is 4.43. The molecule has 7 N–H and O–H groups in total. The fraction of sp³-hybridized carbons (Fsp3) is 0.524. The third kappa shape index (κ3) is 8.35. The normalized spacial score (nSPS) is 15.6. The van der Waals surface area contributed by atoms with E-state index < -0.39 is 54.5 Å². The van der Waals surface area contributed by atoms with Gasteiger partial charge in [0.15, 0.2) is 0 Å². The zero-order chi connectivity index (χ0) is 23.6. The topological polar surface area (TPSA) is 171 Å². The van der Waals surface area contributed by atoms with Gasteiger partial charge in [0, 0.05) is 6.42 Å². The fourth-order valence-corrected chi connectivity index (χ4v) is 2.76. The molecule has 0 heterocycles. The first-order chi connectivity index (χ1) is 14.6. The molecular formula is C21H32N4O6. The van der Waals surface area contributed by atoms with Crippen LogP contribution >= 0.6 is 0 Å². The fourth-order valence-electron chi connectivity index (χ4n) is 2.76. The van der Waals surface area contributed by atoms with Crippen molar-refractivity contribution in [2.75, 3.05) is 6.61 Å². The molecule has 3 amide bonds. The number of aliphatic carboxylic acids is 1. The lowest BCUT2D eigenvalue weighted by Crippen LogP contribution is -2.58. The lowest BCUT2D eigenvalue weighted by atomic mass is 9.97. The second kappa shape index (κ2) is 12.7. The number of aliphatic hydroxyl groups is 1. The molecule has 0 aromatic heterocycles. The van der Waals surface area contributed by atoms with Crippen molar-refractivity contribution in [3.63, 3.8) is 0 Å². The summed E-state index contributed by atoms with van der Waals surface area (Å²) in [5.41, 5.74) is 6.16. The van der Waals surface area contributed by atoms with Gasteiger partial charge in [0.25, 0.3) is 0 Å². The van der Waals surface area contributed by atoms with Crippen LogP contribution in [-0.4, -0.2) is 64.7 Å². The standard InChI is InChI=1S/C21H32N4O6/c1-4-12(2)17(25-18(27)13(3)23-19(28)15(22)11-26)20(29)24-16(21(30)31)10-14-8-6-5-7-9-14/h5-9,12-13,15-17,26H,4,10-11,22H2,1-3H3,(H,23,28)(H,24,29)(H,25,27)(H,30,31). The van der Waals surface area contributed by atoms with Crippen LogP contribution < -0.4 is 21.7 Å². The number of carbonyl (C=O) groups excluding carboxylic acids is 3. The summed E-state index contributed by atoms with van der Waals surface area (Å²) in [5, 5.41) is 25.9. The van der Waals surface area contributed by atoms with Crippen LogP contribution in [0.3, 0.4) is 0 Å². The highest BCUT2D eigenvalue weighted by Crippen LogP contribution is 2.10. The first-order valence-corrected chi connectivity index (χ1v) is 10.1. The Hall–Kier alpha value is -2.98. The van der Waals surface area contributed by atoms with E-state index in [0.29, 0.717) is 6.42 Å².